The van der Waals surface area contributed by atoms with E-state index in [1.807, 2.05) is 18.2 Å². The number of carbonyl (C=O) groups is 2. The number of ether oxygens (including phenoxy) is 1. The van der Waals surface area contributed by atoms with Gasteiger partial charge in [-0.1, -0.05) is 12.1 Å². The van der Waals surface area contributed by atoms with Gasteiger partial charge in [0.15, 0.2) is 0 Å². The van der Waals surface area contributed by atoms with Crippen molar-refractivity contribution in [3.63, 3.8) is 0 Å². The van der Waals surface area contributed by atoms with Crippen LogP contribution < -0.4 is 10.1 Å². The zero-order valence-electron chi connectivity index (χ0n) is 13.7. The fourth-order valence-corrected chi connectivity index (χ4v) is 3.82. The average Bonchev–Trinajstić information content (AvgIpc) is 3.30. The Bertz CT molecular complexity index is 1010. The van der Waals surface area contributed by atoms with E-state index in [1.165, 1.54) is 23.0 Å². The minimum absolute atomic E-state index is 0.0660. The molecule has 0 radical (unpaired) electrons. The Balaban J connectivity index is 1.57. The van der Waals surface area contributed by atoms with Crippen LogP contribution >= 0.6 is 11.3 Å². The van der Waals surface area contributed by atoms with Gasteiger partial charge in [0.1, 0.15) is 5.75 Å². The van der Waals surface area contributed by atoms with Crippen molar-refractivity contribution in [3.05, 3.63) is 70.6 Å². The first kappa shape index (κ1) is 16.4. The van der Waals surface area contributed by atoms with Crippen LogP contribution in [0.15, 0.2) is 54.6 Å². The van der Waals surface area contributed by atoms with Gasteiger partial charge in [0.05, 0.1) is 22.7 Å². The summed E-state index contributed by atoms with van der Waals surface area (Å²) in [5.41, 5.74) is 2.58. The van der Waals surface area contributed by atoms with E-state index in [4.69, 9.17) is 4.74 Å². The Morgan fingerprint density at radius 1 is 1.08 bits per heavy atom. The normalized spacial score (nSPS) is 12.3. The summed E-state index contributed by atoms with van der Waals surface area (Å²) in [7, 11) is 0. The largest absolute Gasteiger partial charge is 0.493 e. The molecule has 0 atom stereocenters. The first-order valence-electron chi connectivity index (χ1n) is 8.11. The molecule has 0 aliphatic carbocycles. The fourth-order valence-electron chi connectivity index (χ4n) is 2.92. The Kier molecular flexibility index (Phi) is 4.18. The Morgan fingerprint density at radius 2 is 1.92 bits per heavy atom. The van der Waals surface area contributed by atoms with Crippen LogP contribution in [0, 0.1) is 0 Å². The molecule has 0 fully saturated rings. The second kappa shape index (κ2) is 6.65. The smallest absolute Gasteiger partial charge is 0.337 e. The van der Waals surface area contributed by atoms with Crippen molar-refractivity contribution in [3.8, 4) is 16.2 Å². The number of hydrogen-bond donors (Lipinski definition) is 2. The van der Waals surface area contributed by atoms with Crippen molar-refractivity contribution in [2.75, 3.05) is 11.9 Å². The third kappa shape index (κ3) is 3.07. The number of thiophene rings is 1. The lowest BCUT2D eigenvalue weighted by Gasteiger charge is -2.07. The molecule has 2 N–H and O–H groups in total. The number of benzene rings is 2. The molecular formula is C20H15NO4S. The summed E-state index contributed by atoms with van der Waals surface area (Å²) in [6.07, 6.45) is 0.897. The Morgan fingerprint density at radius 3 is 2.77 bits per heavy atom. The molecule has 5 nitrogen and oxygen atoms in total. The van der Waals surface area contributed by atoms with Crippen molar-refractivity contribution >= 4 is 28.9 Å². The number of amides is 1. The van der Waals surface area contributed by atoms with Gasteiger partial charge in [0.25, 0.3) is 5.91 Å². The Hall–Kier alpha value is -3.12. The summed E-state index contributed by atoms with van der Waals surface area (Å²) >= 11 is 1.37. The maximum Gasteiger partial charge on any atom is 0.337 e. The number of carboxylic acids is 1. The number of fused-ring (bicyclic) bond motifs is 1. The predicted molar refractivity (Wildman–Crippen MR) is 100 cm³/mol. The number of carbonyl (C=O) groups excluding carboxylic acids is 1. The summed E-state index contributed by atoms with van der Waals surface area (Å²) < 4.78 is 5.52. The van der Waals surface area contributed by atoms with Gasteiger partial charge in [-0.25, -0.2) is 4.79 Å². The SMILES string of the molecule is O=C(Nc1ccccc1C(=O)O)c1ccc(-c2ccc3c(c2)CCO3)s1. The molecule has 0 saturated carbocycles. The van der Waals surface area contributed by atoms with E-state index in [2.05, 4.69) is 11.4 Å². The highest BCUT2D eigenvalue weighted by Crippen LogP contribution is 2.34. The van der Waals surface area contributed by atoms with Gasteiger partial charge in [0, 0.05) is 11.3 Å². The summed E-state index contributed by atoms with van der Waals surface area (Å²) in [6.45, 7) is 0.708. The molecule has 1 aliphatic heterocycles. The van der Waals surface area contributed by atoms with Crippen molar-refractivity contribution < 1.29 is 19.4 Å². The van der Waals surface area contributed by atoms with E-state index in [0.29, 0.717) is 11.5 Å². The molecule has 3 aromatic rings. The molecule has 1 amide bonds. The third-order valence-corrected chi connectivity index (χ3v) is 5.34. The lowest BCUT2D eigenvalue weighted by Crippen LogP contribution is -2.13. The number of carboxylic acid groups (broad SMARTS) is 1. The van der Waals surface area contributed by atoms with Crippen LogP contribution in [0.1, 0.15) is 25.6 Å². The minimum atomic E-state index is -1.08. The maximum absolute atomic E-state index is 12.5. The Labute approximate surface area is 153 Å². The summed E-state index contributed by atoms with van der Waals surface area (Å²) in [5, 5.41) is 11.9. The zero-order valence-corrected chi connectivity index (χ0v) is 14.5. The van der Waals surface area contributed by atoms with Crippen LogP contribution in [0.2, 0.25) is 0 Å². The monoisotopic (exact) mass is 365 g/mol. The molecule has 2 aromatic carbocycles. The predicted octanol–water partition coefficient (Wildman–Crippen LogP) is 4.30. The summed E-state index contributed by atoms with van der Waals surface area (Å²) in [5.74, 6) is -0.471. The van der Waals surface area contributed by atoms with Gasteiger partial charge in [-0.05, 0) is 53.6 Å². The highest BCUT2D eigenvalue weighted by atomic mass is 32.1. The van der Waals surface area contributed by atoms with Gasteiger partial charge in [-0.3, -0.25) is 4.79 Å². The van der Waals surface area contributed by atoms with Crippen molar-refractivity contribution in [2.45, 2.75) is 6.42 Å². The van der Waals surface area contributed by atoms with Crippen LogP contribution in [0.5, 0.6) is 5.75 Å². The second-order valence-corrected chi connectivity index (χ2v) is 6.97. The van der Waals surface area contributed by atoms with E-state index in [0.717, 1.165) is 22.6 Å². The highest BCUT2D eigenvalue weighted by molar-refractivity contribution is 7.17. The molecule has 0 saturated heterocycles. The summed E-state index contributed by atoms with van der Waals surface area (Å²) in [4.78, 5) is 25.3. The van der Waals surface area contributed by atoms with E-state index in [-0.39, 0.29) is 17.2 Å². The number of aromatic carboxylic acids is 1. The fraction of sp³-hybridized carbons (Fsp3) is 0.100. The molecule has 130 valence electrons. The summed E-state index contributed by atoms with van der Waals surface area (Å²) in [6, 6.07) is 16.0. The molecule has 0 bridgehead atoms. The van der Waals surface area contributed by atoms with Crippen LogP contribution in [-0.2, 0) is 6.42 Å². The van der Waals surface area contributed by atoms with Crippen molar-refractivity contribution in [1.29, 1.82) is 0 Å². The molecule has 4 rings (SSSR count). The van der Waals surface area contributed by atoms with E-state index >= 15 is 0 Å². The molecule has 2 heterocycles. The van der Waals surface area contributed by atoms with E-state index < -0.39 is 5.97 Å². The van der Waals surface area contributed by atoms with E-state index in [9.17, 15) is 14.7 Å². The number of hydrogen-bond acceptors (Lipinski definition) is 4. The quantitative estimate of drug-likeness (QED) is 0.723. The number of nitrogens with one attached hydrogen (secondary N) is 1. The highest BCUT2D eigenvalue weighted by Gasteiger charge is 2.17. The van der Waals surface area contributed by atoms with Gasteiger partial charge in [-0.2, -0.15) is 0 Å². The maximum atomic E-state index is 12.5. The molecule has 26 heavy (non-hydrogen) atoms. The molecule has 0 spiro atoms. The number of para-hydroxylation sites is 1. The van der Waals surface area contributed by atoms with Crippen LogP contribution in [-0.4, -0.2) is 23.6 Å². The lowest BCUT2D eigenvalue weighted by molar-refractivity contribution is 0.0698. The zero-order chi connectivity index (χ0) is 18.1. The second-order valence-electron chi connectivity index (χ2n) is 5.89. The lowest BCUT2D eigenvalue weighted by atomic mass is 10.1. The molecule has 1 aromatic heterocycles. The first-order chi connectivity index (χ1) is 12.6. The van der Waals surface area contributed by atoms with Crippen LogP contribution in [0.25, 0.3) is 10.4 Å². The molecular weight excluding hydrogens is 350 g/mol. The number of anilines is 1. The van der Waals surface area contributed by atoms with Gasteiger partial charge < -0.3 is 15.2 Å². The van der Waals surface area contributed by atoms with Crippen LogP contribution in [0.3, 0.4) is 0 Å². The van der Waals surface area contributed by atoms with E-state index in [1.54, 1.807) is 24.3 Å². The van der Waals surface area contributed by atoms with Crippen molar-refractivity contribution in [1.82, 2.24) is 0 Å². The topological polar surface area (TPSA) is 75.6 Å². The minimum Gasteiger partial charge on any atom is -0.493 e. The number of rotatable bonds is 4. The third-order valence-electron chi connectivity index (χ3n) is 4.21. The van der Waals surface area contributed by atoms with Gasteiger partial charge in [0.2, 0.25) is 0 Å². The average molecular weight is 365 g/mol. The molecule has 1 aliphatic rings. The van der Waals surface area contributed by atoms with Gasteiger partial charge >= 0.3 is 5.97 Å². The molecule has 6 heteroatoms. The standard InChI is InChI=1S/C20H15NO4S/c22-19(21-15-4-2-1-3-14(15)20(23)24)18-8-7-17(26-18)13-5-6-16-12(11-13)9-10-25-16/h1-8,11H,9-10H2,(H,21,22)(H,23,24). The van der Waals surface area contributed by atoms with Crippen molar-refractivity contribution in [2.24, 2.45) is 0 Å². The first-order valence-corrected chi connectivity index (χ1v) is 8.93. The van der Waals surface area contributed by atoms with Gasteiger partial charge in [-0.15, -0.1) is 11.3 Å². The van der Waals surface area contributed by atoms with Crippen LogP contribution in [0.4, 0.5) is 5.69 Å². The molecule has 0 unspecified atom stereocenters.